The number of rotatable bonds is 7. The monoisotopic (exact) mass is 501 g/mol. The molecule has 4 aliphatic carbocycles. The van der Waals surface area contributed by atoms with E-state index in [1.807, 2.05) is 29.2 Å². The minimum atomic E-state index is -0.128. The number of hydrogen-bond donors (Lipinski definition) is 0. The van der Waals surface area contributed by atoms with Gasteiger partial charge in [-0.3, -0.25) is 4.79 Å². The van der Waals surface area contributed by atoms with Crippen LogP contribution in [0, 0.1) is 12.8 Å². The number of nitrogens with zero attached hydrogens (tertiary/aromatic N) is 5. The summed E-state index contributed by atoms with van der Waals surface area (Å²) in [5.41, 5.74) is 4.43. The van der Waals surface area contributed by atoms with Crippen molar-refractivity contribution < 1.29 is 18.5 Å². The van der Waals surface area contributed by atoms with Crippen LogP contribution in [-0.2, 0) is 14.9 Å². The second kappa shape index (κ2) is 8.90. The summed E-state index contributed by atoms with van der Waals surface area (Å²) in [6.45, 7) is 3.57. The smallest absolute Gasteiger partial charge is 0.247 e. The zero-order chi connectivity index (χ0) is 25.0. The Morgan fingerprint density at radius 2 is 2.08 bits per heavy atom. The van der Waals surface area contributed by atoms with E-state index in [9.17, 15) is 4.79 Å². The zero-order valence-electron chi connectivity index (χ0n) is 21.1. The van der Waals surface area contributed by atoms with Gasteiger partial charge in [-0.25, -0.2) is 0 Å². The first-order valence-corrected chi connectivity index (χ1v) is 13.4. The topological polar surface area (TPSA) is 107 Å². The van der Waals surface area contributed by atoms with Crippen LogP contribution < -0.4 is 4.90 Å². The van der Waals surface area contributed by atoms with E-state index in [2.05, 4.69) is 15.4 Å². The zero-order valence-corrected chi connectivity index (χ0v) is 21.1. The van der Waals surface area contributed by atoms with Crippen molar-refractivity contribution in [3.8, 4) is 11.5 Å². The summed E-state index contributed by atoms with van der Waals surface area (Å²) in [7, 11) is 0. The number of aryl methyl sites for hydroxylation is 1. The highest BCUT2D eigenvalue weighted by molar-refractivity contribution is 5.96. The first kappa shape index (κ1) is 22.8. The van der Waals surface area contributed by atoms with Crippen LogP contribution in [0.1, 0.15) is 74.9 Å². The van der Waals surface area contributed by atoms with Gasteiger partial charge in [-0.1, -0.05) is 22.4 Å². The molecule has 3 heterocycles. The standard InChI is InChI=1S/C28H31N5O4/c1-17-30-31-25(36-17)19-4-2-6-23(12-19)33(26(34)21-5-3-11-35-16-21)15-20-9-10-28(13-22(20)14-28)27-29-24(32-37-27)18-7-8-18/h2,4,6,12,18,21H,3,5,7-11,13-16H2,1H3. The molecule has 8 rings (SSSR count). The summed E-state index contributed by atoms with van der Waals surface area (Å²) in [5.74, 6) is 3.16. The van der Waals surface area contributed by atoms with Crippen molar-refractivity contribution in [2.24, 2.45) is 5.92 Å². The molecule has 192 valence electrons. The Labute approximate surface area is 215 Å². The quantitative estimate of drug-likeness (QED) is 0.421. The van der Waals surface area contributed by atoms with Gasteiger partial charge in [0.1, 0.15) is 0 Å². The molecule has 9 heteroatoms. The van der Waals surface area contributed by atoms with Crippen molar-refractivity contribution in [3.63, 3.8) is 0 Å². The van der Waals surface area contributed by atoms with E-state index in [4.69, 9.17) is 18.7 Å². The Hall–Kier alpha value is -3.33. The number of ether oxygens (including phenoxy) is 1. The van der Waals surface area contributed by atoms with Gasteiger partial charge < -0.3 is 18.6 Å². The third-order valence-corrected chi connectivity index (χ3v) is 8.40. The molecule has 1 unspecified atom stereocenters. The number of benzene rings is 1. The van der Waals surface area contributed by atoms with E-state index in [1.165, 1.54) is 24.0 Å². The molecule has 0 N–H and O–H groups in total. The first-order chi connectivity index (χ1) is 18.1. The van der Waals surface area contributed by atoms with Gasteiger partial charge in [-0.05, 0) is 69.6 Å². The summed E-state index contributed by atoms with van der Waals surface area (Å²) in [6.07, 6.45) is 7.92. The Morgan fingerprint density at radius 1 is 1.19 bits per heavy atom. The SMILES string of the molecule is Cc1nnc(-c2cccc(N(CC3=C4CC(c5nc(C6CC6)no5)(CC3)C4)C(=O)C3CCCOC3)c2)o1. The summed E-state index contributed by atoms with van der Waals surface area (Å²) < 4.78 is 17.1. The summed E-state index contributed by atoms with van der Waals surface area (Å²) in [4.78, 5) is 20.6. The Balaban J connectivity index is 1.16. The van der Waals surface area contributed by atoms with Crippen molar-refractivity contribution >= 4 is 11.6 Å². The molecular weight excluding hydrogens is 470 g/mol. The molecule has 0 spiro atoms. The number of anilines is 1. The minimum absolute atomic E-state index is 0.0131. The predicted molar refractivity (Wildman–Crippen MR) is 134 cm³/mol. The fraction of sp³-hybridized carbons (Fsp3) is 0.536. The number of carbonyl (C=O) groups is 1. The molecule has 3 aromatic rings. The van der Waals surface area contributed by atoms with Gasteiger partial charge in [-0.15, -0.1) is 10.2 Å². The molecule has 37 heavy (non-hydrogen) atoms. The van der Waals surface area contributed by atoms with Gasteiger partial charge in [0.15, 0.2) is 5.82 Å². The molecule has 1 aromatic carbocycles. The molecule has 1 aliphatic heterocycles. The lowest BCUT2D eigenvalue weighted by Gasteiger charge is -2.47. The second-order valence-electron chi connectivity index (χ2n) is 11.1. The Morgan fingerprint density at radius 3 is 2.78 bits per heavy atom. The highest BCUT2D eigenvalue weighted by atomic mass is 16.5. The fourth-order valence-electron chi connectivity index (χ4n) is 6.03. The van der Waals surface area contributed by atoms with Crippen molar-refractivity contribution in [3.05, 3.63) is 53.0 Å². The first-order valence-electron chi connectivity index (χ1n) is 13.4. The number of amides is 1. The van der Waals surface area contributed by atoms with E-state index in [1.54, 1.807) is 6.92 Å². The van der Waals surface area contributed by atoms with Crippen molar-refractivity contribution in [1.82, 2.24) is 20.3 Å². The highest BCUT2D eigenvalue weighted by Crippen LogP contribution is 2.56. The van der Waals surface area contributed by atoms with Crippen LogP contribution >= 0.6 is 0 Å². The maximum absolute atomic E-state index is 13.8. The highest BCUT2D eigenvalue weighted by Gasteiger charge is 2.51. The van der Waals surface area contributed by atoms with Crippen molar-refractivity contribution in [2.45, 2.75) is 69.6 Å². The molecule has 1 saturated heterocycles. The lowest BCUT2D eigenvalue weighted by molar-refractivity contribution is -0.126. The van der Waals surface area contributed by atoms with Gasteiger partial charge in [0.25, 0.3) is 0 Å². The second-order valence-corrected chi connectivity index (χ2v) is 11.1. The third kappa shape index (κ3) is 4.19. The van der Waals surface area contributed by atoms with E-state index in [-0.39, 0.29) is 17.2 Å². The molecule has 2 bridgehead atoms. The van der Waals surface area contributed by atoms with Crippen LogP contribution in [0.15, 0.2) is 44.4 Å². The van der Waals surface area contributed by atoms with E-state index < -0.39 is 0 Å². The van der Waals surface area contributed by atoms with Crippen LogP contribution in [0.4, 0.5) is 5.69 Å². The molecule has 2 aromatic heterocycles. The van der Waals surface area contributed by atoms with Crippen LogP contribution in [-0.4, -0.2) is 46.0 Å². The lowest BCUT2D eigenvalue weighted by Crippen LogP contribution is -2.45. The third-order valence-electron chi connectivity index (χ3n) is 8.40. The number of carbonyl (C=O) groups excluding carboxylic acids is 1. The van der Waals surface area contributed by atoms with Gasteiger partial charge in [0.05, 0.1) is 17.9 Å². The van der Waals surface area contributed by atoms with Gasteiger partial charge in [-0.2, -0.15) is 4.98 Å². The number of fused-ring (bicyclic) bond motifs is 2. The maximum Gasteiger partial charge on any atom is 0.247 e. The summed E-state index contributed by atoms with van der Waals surface area (Å²) >= 11 is 0. The molecule has 0 radical (unpaired) electrons. The fourth-order valence-corrected chi connectivity index (χ4v) is 6.03. The maximum atomic E-state index is 13.8. The molecule has 5 aliphatic rings. The Kier molecular flexibility index (Phi) is 5.49. The van der Waals surface area contributed by atoms with Gasteiger partial charge >= 0.3 is 0 Å². The normalized spacial score (nSPS) is 22.6. The van der Waals surface area contributed by atoms with Crippen LogP contribution in [0.5, 0.6) is 0 Å². The van der Waals surface area contributed by atoms with E-state index >= 15 is 0 Å². The number of allylic oxidation sites excluding steroid dienone is 1. The van der Waals surface area contributed by atoms with Crippen LogP contribution in [0.3, 0.4) is 0 Å². The number of aromatic nitrogens is 4. The lowest BCUT2D eigenvalue weighted by atomic mass is 9.57. The average molecular weight is 502 g/mol. The number of hydrogen-bond acceptors (Lipinski definition) is 8. The van der Waals surface area contributed by atoms with Crippen molar-refractivity contribution in [1.29, 1.82) is 0 Å². The molecular formula is C28H31N5O4. The van der Waals surface area contributed by atoms with Gasteiger partial charge in [0.2, 0.25) is 23.6 Å². The predicted octanol–water partition coefficient (Wildman–Crippen LogP) is 4.89. The average Bonchev–Trinajstić information content (AvgIpc) is 3.47. The van der Waals surface area contributed by atoms with E-state index in [0.29, 0.717) is 30.9 Å². The van der Waals surface area contributed by atoms with Crippen LogP contribution in [0.25, 0.3) is 11.5 Å². The molecule has 1 amide bonds. The largest absolute Gasteiger partial charge is 0.421 e. The molecule has 3 fully saturated rings. The van der Waals surface area contributed by atoms with Gasteiger partial charge in [0, 0.05) is 37.2 Å². The molecule has 9 nitrogen and oxygen atoms in total. The van der Waals surface area contributed by atoms with Crippen LogP contribution in [0.2, 0.25) is 0 Å². The minimum Gasteiger partial charge on any atom is -0.421 e. The summed E-state index contributed by atoms with van der Waals surface area (Å²) in [6, 6.07) is 7.85. The summed E-state index contributed by atoms with van der Waals surface area (Å²) in [5, 5.41) is 12.4. The molecule has 1 atom stereocenters. The Bertz CT molecular complexity index is 1360. The van der Waals surface area contributed by atoms with E-state index in [0.717, 1.165) is 68.1 Å². The van der Waals surface area contributed by atoms with Crippen molar-refractivity contribution in [2.75, 3.05) is 24.7 Å². The molecule has 2 saturated carbocycles.